The van der Waals surface area contributed by atoms with Gasteiger partial charge in [-0.1, -0.05) is 17.7 Å². The Kier molecular flexibility index (Phi) is 6.02. The fourth-order valence-electron chi connectivity index (χ4n) is 1.35. The summed E-state index contributed by atoms with van der Waals surface area (Å²) in [5, 5.41) is 2.67. The number of hydrogen-bond donors (Lipinski definition) is 1. The van der Waals surface area contributed by atoms with E-state index in [1.54, 1.807) is 19.1 Å². The van der Waals surface area contributed by atoms with Crippen LogP contribution in [-0.4, -0.2) is 31.2 Å². The third-order valence-corrected chi connectivity index (χ3v) is 2.42. The fraction of sp³-hybridized carbons (Fsp3) is 0.429. The maximum atomic E-state index is 11.8. The molecule has 0 aromatic heterocycles. The first-order valence-corrected chi connectivity index (χ1v) is 6.17. The molecule has 0 aliphatic heterocycles. The minimum Gasteiger partial charge on any atom is -0.451 e. The van der Waals surface area contributed by atoms with Gasteiger partial charge in [-0.2, -0.15) is 0 Å². The summed E-state index contributed by atoms with van der Waals surface area (Å²) in [5.74, 6) is -0.915. The highest BCUT2D eigenvalue weighted by Crippen LogP contribution is 2.09. The Bertz CT molecular complexity index is 428. The molecule has 0 fully saturated rings. The van der Waals surface area contributed by atoms with Crippen molar-refractivity contribution >= 4 is 17.6 Å². The molecule has 0 aliphatic carbocycles. The number of esters is 1. The highest BCUT2D eigenvalue weighted by atomic mass is 16.6. The number of carbonyl (C=O) groups is 2. The molecule has 104 valence electrons. The van der Waals surface area contributed by atoms with Crippen LogP contribution in [0, 0.1) is 6.92 Å². The molecule has 0 spiro atoms. The van der Waals surface area contributed by atoms with Crippen molar-refractivity contribution in [1.29, 1.82) is 0 Å². The van der Waals surface area contributed by atoms with E-state index < -0.39 is 12.1 Å². The maximum Gasteiger partial charge on any atom is 0.332 e. The molecular formula is C14H19NO4. The molecule has 1 aromatic rings. The standard InChI is InChI=1S/C14H19NO4/c1-4-18-9-13(16)19-11(3)14(17)15-12-7-5-10(2)6-8-12/h5-8,11H,4,9H2,1-3H3,(H,15,17)/t11-/m0/s1. The van der Waals surface area contributed by atoms with Gasteiger partial charge in [0.15, 0.2) is 6.10 Å². The first kappa shape index (κ1) is 15.2. The van der Waals surface area contributed by atoms with Crippen molar-refractivity contribution < 1.29 is 19.1 Å². The van der Waals surface area contributed by atoms with Gasteiger partial charge >= 0.3 is 5.97 Å². The van der Waals surface area contributed by atoms with Crippen molar-refractivity contribution in [3.05, 3.63) is 29.8 Å². The number of amides is 1. The van der Waals surface area contributed by atoms with Gasteiger partial charge in [-0.3, -0.25) is 4.79 Å². The predicted octanol–water partition coefficient (Wildman–Crippen LogP) is 1.90. The van der Waals surface area contributed by atoms with Crippen LogP contribution in [0.4, 0.5) is 5.69 Å². The number of benzene rings is 1. The van der Waals surface area contributed by atoms with Crippen molar-refractivity contribution in [2.45, 2.75) is 26.9 Å². The summed E-state index contributed by atoms with van der Waals surface area (Å²) >= 11 is 0. The normalized spacial score (nSPS) is 11.7. The largest absolute Gasteiger partial charge is 0.451 e. The lowest BCUT2D eigenvalue weighted by atomic mass is 10.2. The monoisotopic (exact) mass is 265 g/mol. The molecule has 19 heavy (non-hydrogen) atoms. The van der Waals surface area contributed by atoms with Crippen molar-refractivity contribution in [2.24, 2.45) is 0 Å². The Hall–Kier alpha value is -1.88. The molecule has 0 bridgehead atoms. The van der Waals surface area contributed by atoms with Crippen LogP contribution in [0.15, 0.2) is 24.3 Å². The van der Waals surface area contributed by atoms with E-state index in [0.717, 1.165) is 5.56 Å². The molecule has 1 aromatic carbocycles. The van der Waals surface area contributed by atoms with Gasteiger partial charge in [0.2, 0.25) is 0 Å². The zero-order valence-electron chi connectivity index (χ0n) is 11.4. The second kappa shape index (κ2) is 7.53. The van der Waals surface area contributed by atoms with Crippen molar-refractivity contribution in [2.75, 3.05) is 18.5 Å². The fourth-order valence-corrected chi connectivity index (χ4v) is 1.35. The van der Waals surface area contributed by atoms with Gasteiger partial charge in [0.25, 0.3) is 5.91 Å². The number of nitrogens with one attached hydrogen (secondary N) is 1. The number of ether oxygens (including phenoxy) is 2. The van der Waals surface area contributed by atoms with Crippen LogP contribution in [0.2, 0.25) is 0 Å². The quantitative estimate of drug-likeness (QED) is 0.798. The first-order chi connectivity index (χ1) is 9.02. The van der Waals surface area contributed by atoms with E-state index in [1.807, 2.05) is 19.1 Å². The van der Waals surface area contributed by atoms with Crippen molar-refractivity contribution in [1.82, 2.24) is 0 Å². The van der Waals surface area contributed by atoms with Crippen LogP contribution in [-0.2, 0) is 19.1 Å². The second-order valence-corrected chi connectivity index (χ2v) is 4.12. The molecule has 5 nitrogen and oxygen atoms in total. The molecule has 5 heteroatoms. The summed E-state index contributed by atoms with van der Waals surface area (Å²) in [6.45, 7) is 5.55. The summed E-state index contributed by atoms with van der Waals surface area (Å²) in [4.78, 5) is 23.1. The zero-order valence-corrected chi connectivity index (χ0v) is 11.4. The summed E-state index contributed by atoms with van der Waals surface area (Å²) in [6.07, 6.45) is -0.853. The third kappa shape index (κ3) is 5.52. The molecule has 1 rings (SSSR count). The van der Waals surface area contributed by atoms with E-state index in [2.05, 4.69) is 5.32 Å². The molecule has 0 unspecified atom stereocenters. The summed E-state index contributed by atoms with van der Waals surface area (Å²) < 4.78 is 9.84. The number of rotatable bonds is 6. The topological polar surface area (TPSA) is 64.6 Å². The first-order valence-electron chi connectivity index (χ1n) is 6.17. The molecule has 1 atom stereocenters. The van der Waals surface area contributed by atoms with E-state index >= 15 is 0 Å². The Morgan fingerprint density at radius 2 is 1.89 bits per heavy atom. The highest BCUT2D eigenvalue weighted by molar-refractivity contribution is 5.95. The van der Waals surface area contributed by atoms with Crippen molar-refractivity contribution in [3.8, 4) is 0 Å². The lowest BCUT2D eigenvalue weighted by Crippen LogP contribution is -2.31. The Morgan fingerprint density at radius 3 is 2.47 bits per heavy atom. The SMILES string of the molecule is CCOCC(=O)O[C@@H](C)C(=O)Nc1ccc(C)cc1. The van der Waals surface area contributed by atoms with Crippen LogP contribution < -0.4 is 5.32 Å². The summed E-state index contributed by atoms with van der Waals surface area (Å²) in [7, 11) is 0. The Morgan fingerprint density at radius 1 is 1.26 bits per heavy atom. The molecule has 0 radical (unpaired) electrons. The highest BCUT2D eigenvalue weighted by Gasteiger charge is 2.17. The number of hydrogen-bond acceptors (Lipinski definition) is 4. The third-order valence-electron chi connectivity index (χ3n) is 2.42. The Balaban J connectivity index is 2.44. The molecular weight excluding hydrogens is 246 g/mol. The molecule has 0 heterocycles. The van der Waals surface area contributed by atoms with Gasteiger partial charge in [-0.25, -0.2) is 4.79 Å². The van der Waals surface area contributed by atoms with Crippen LogP contribution in [0.1, 0.15) is 19.4 Å². The lowest BCUT2D eigenvalue weighted by molar-refractivity contribution is -0.157. The second-order valence-electron chi connectivity index (χ2n) is 4.12. The Labute approximate surface area is 112 Å². The molecule has 0 aliphatic rings. The van der Waals surface area contributed by atoms with Gasteiger partial charge in [0.1, 0.15) is 6.61 Å². The van der Waals surface area contributed by atoms with Gasteiger partial charge in [0, 0.05) is 12.3 Å². The van der Waals surface area contributed by atoms with Gasteiger partial charge in [-0.15, -0.1) is 0 Å². The van der Waals surface area contributed by atoms with Gasteiger partial charge < -0.3 is 14.8 Å². The average Bonchev–Trinajstić information content (AvgIpc) is 2.39. The number of aryl methyl sites for hydroxylation is 1. The van der Waals surface area contributed by atoms with Crippen LogP contribution >= 0.6 is 0 Å². The van der Waals surface area contributed by atoms with Crippen LogP contribution in [0.3, 0.4) is 0 Å². The van der Waals surface area contributed by atoms with E-state index in [1.165, 1.54) is 6.92 Å². The van der Waals surface area contributed by atoms with E-state index in [0.29, 0.717) is 12.3 Å². The maximum absolute atomic E-state index is 11.8. The van der Waals surface area contributed by atoms with Crippen LogP contribution in [0.25, 0.3) is 0 Å². The van der Waals surface area contributed by atoms with E-state index in [9.17, 15) is 9.59 Å². The summed E-state index contributed by atoms with van der Waals surface area (Å²) in [6, 6.07) is 7.37. The van der Waals surface area contributed by atoms with E-state index in [4.69, 9.17) is 9.47 Å². The summed E-state index contributed by atoms with van der Waals surface area (Å²) in [5.41, 5.74) is 1.78. The minimum atomic E-state index is -0.853. The number of carbonyl (C=O) groups excluding carboxylic acids is 2. The molecule has 0 saturated carbocycles. The number of anilines is 1. The molecule has 0 saturated heterocycles. The average molecular weight is 265 g/mol. The smallest absolute Gasteiger partial charge is 0.332 e. The van der Waals surface area contributed by atoms with Gasteiger partial charge in [-0.05, 0) is 32.9 Å². The lowest BCUT2D eigenvalue weighted by Gasteiger charge is -2.13. The molecule has 1 amide bonds. The van der Waals surface area contributed by atoms with Crippen molar-refractivity contribution in [3.63, 3.8) is 0 Å². The van der Waals surface area contributed by atoms with Gasteiger partial charge in [0.05, 0.1) is 0 Å². The minimum absolute atomic E-state index is 0.140. The molecule has 1 N–H and O–H groups in total. The van der Waals surface area contributed by atoms with E-state index in [-0.39, 0.29) is 12.5 Å². The van der Waals surface area contributed by atoms with Crippen LogP contribution in [0.5, 0.6) is 0 Å². The zero-order chi connectivity index (χ0) is 14.3. The predicted molar refractivity (Wildman–Crippen MR) is 71.9 cm³/mol.